The summed E-state index contributed by atoms with van der Waals surface area (Å²) in [6.07, 6.45) is 1.89. The van der Waals surface area contributed by atoms with Gasteiger partial charge in [-0.05, 0) is 31.4 Å². The summed E-state index contributed by atoms with van der Waals surface area (Å²) in [5.41, 5.74) is 2.80. The Morgan fingerprint density at radius 3 is 2.21 bits per heavy atom. The van der Waals surface area contributed by atoms with Gasteiger partial charge in [0.05, 0.1) is 0 Å². The molecular weight excluding hydrogens is 238 g/mol. The van der Waals surface area contributed by atoms with Crippen LogP contribution in [0.1, 0.15) is 38.3 Å². The summed E-state index contributed by atoms with van der Waals surface area (Å²) in [5.74, 6) is 0. The Bertz CT molecular complexity index is 335. The fourth-order valence-corrected chi connectivity index (χ4v) is 2.10. The molecule has 0 aromatic heterocycles. The molecule has 3 nitrogen and oxygen atoms in total. The Kier molecular flexibility index (Phi) is 8.47. The summed E-state index contributed by atoms with van der Waals surface area (Å²) in [7, 11) is 0. The number of benzene rings is 1. The average molecular weight is 265 g/mol. The third-order valence-electron chi connectivity index (χ3n) is 3.08. The van der Waals surface area contributed by atoms with Crippen LogP contribution < -0.4 is 5.32 Å². The molecule has 1 rings (SSSR count). The second-order valence-corrected chi connectivity index (χ2v) is 4.43. The molecule has 0 aliphatic carbocycles. The van der Waals surface area contributed by atoms with Crippen LogP contribution in [0.3, 0.4) is 0 Å². The first-order valence-electron chi connectivity index (χ1n) is 7.32. The first-order valence-corrected chi connectivity index (χ1v) is 7.32. The van der Waals surface area contributed by atoms with E-state index in [2.05, 4.69) is 36.5 Å². The molecule has 0 amide bonds. The molecule has 0 unspecified atom stereocenters. The van der Waals surface area contributed by atoms with Crippen molar-refractivity contribution in [3.63, 3.8) is 0 Å². The molecule has 3 heteroatoms. The van der Waals surface area contributed by atoms with Gasteiger partial charge in [-0.1, -0.05) is 31.2 Å². The number of ether oxygens (including phenoxy) is 2. The molecule has 0 heterocycles. The Balaban J connectivity index is 2.29. The molecule has 0 bridgehead atoms. The summed E-state index contributed by atoms with van der Waals surface area (Å²) in [6, 6.07) is 8.58. The van der Waals surface area contributed by atoms with Crippen molar-refractivity contribution in [2.45, 2.75) is 46.4 Å². The Labute approximate surface area is 117 Å². The lowest BCUT2D eigenvalue weighted by Crippen LogP contribution is -2.24. The number of aryl methyl sites for hydroxylation is 1. The molecule has 0 atom stereocenters. The second-order valence-electron chi connectivity index (χ2n) is 4.43. The van der Waals surface area contributed by atoms with Crippen LogP contribution in [-0.4, -0.2) is 26.0 Å². The second kappa shape index (κ2) is 9.96. The molecule has 0 fully saturated rings. The minimum Gasteiger partial charge on any atom is -0.353 e. The number of rotatable bonds is 10. The van der Waals surface area contributed by atoms with Crippen LogP contribution in [0.25, 0.3) is 0 Å². The zero-order valence-corrected chi connectivity index (χ0v) is 12.4. The predicted molar refractivity (Wildman–Crippen MR) is 79.2 cm³/mol. The largest absolute Gasteiger partial charge is 0.353 e. The SMILES string of the molecule is CCOC(CCNCc1ccccc1CC)OCC. The third-order valence-corrected chi connectivity index (χ3v) is 3.08. The molecule has 1 aromatic rings. The van der Waals surface area contributed by atoms with E-state index in [1.807, 2.05) is 13.8 Å². The fraction of sp³-hybridized carbons (Fsp3) is 0.625. The van der Waals surface area contributed by atoms with Crippen molar-refractivity contribution >= 4 is 0 Å². The monoisotopic (exact) mass is 265 g/mol. The molecule has 0 saturated heterocycles. The van der Waals surface area contributed by atoms with E-state index in [0.29, 0.717) is 13.2 Å². The van der Waals surface area contributed by atoms with Gasteiger partial charge >= 0.3 is 0 Å². The highest BCUT2D eigenvalue weighted by atomic mass is 16.7. The van der Waals surface area contributed by atoms with E-state index in [9.17, 15) is 0 Å². The van der Waals surface area contributed by atoms with Crippen molar-refractivity contribution in [3.8, 4) is 0 Å². The maximum absolute atomic E-state index is 5.52. The van der Waals surface area contributed by atoms with E-state index >= 15 is 0 Å². The number of hydrogen-bond acceptors (Lipinski definition) is 3. The Morgan fingerprint density at radius 1 is 1.00 bits per heavy atom. The maximum atomic E-state index is 5.52. The van der Waals surface area contributed by atoms with Crippen molar-refractivity contribution in [1.29, 1.82) is 0 Å². The molecule has 0 spiro atoms. The van der Waals surface area contributed by atoms with E-state index in [1.165, 1.54) is 11.1 Å². The van der Waals surface area contributed by atoms with Gasteiger partial charge in [0.25, 0.3) is 0 Å². The van der Waals surface area contributed by atoms with Crippen LogP contribution in [0.15, 0.2) is 24.3 Å². The molecule has 0 aliphatic heterocycles. The number of hydrogen-bond donors (Lipinski definition) is 1. The fourth-order valence-electron chi connectivity index (χ4n) is 2.10. The summed E-state index contributed by atoms with van der Waals surface area (Å²) < 4.78 is 11.0. The Hall–Kier alpha value is -0.900. The van der Waals surface area contributed by atoms with Crippen molar-refractivity contribution in [2.24, 2.45) is 0 Å². The molecule has 0 aliphatic rings. The van der Waals surface area contributed by atoms with E-state index in [0.717, 1.165) is 25.9 Å². The highest BCUT2D eigenvalue weighted by Gasteiger charge is 2.07. The van der Waals surface area contributed by atoms with Crippen molar-refractivity contribution < 1.29 is 9.47 Å². The van der Waals surface area contributed by atoms with Gasteiger partial charge in [-0.2, -0.15) is 0 Å². The highest BCUT2D eigenvalue weighted by Crippen LogP contribution is 2.09. The summed E-state index contributed by atoms with van der Waals surface area (Å²) >= 11 is 0. The van der Waals surface area contributed by atoms with Crippen LogP contribution in [0, 0.1) is 0 Å². The predicted octanol–water partition coefficient (Wildman–Crippen LogP) is 3.13. The zero-order valence-electron chi connectivity index (χ0n) is 12.4. The van der Waals surface area contributed by atoms with Gasteiger partial charge in [0, 0.05) is 32.7 Å². The molecule has 108 valence electrons. The quantitative estimate of drug-likeness (QED) is 0.521. The van der Waals surface area contributed by atoms with E-state index in [4.69, 9.17) is 9.47 Å². The average Bonchev–Trinajstić information content (AvgIpc) is 2.44. The molecule has 0 saturated carbocycles. The normalized spacial score (nSPS) is 11.2. The van der Waals surface area contributed by atoms with E-state index in [1.54, 1.807) is 0 Å². The van der Waals surface area contributed by atoms with Gasteiger partial charge in [0.15, 0.2) is 6.29 Å². The van der Waals surface area contributed by atoms with Gasteiger partial charge in [-0.3, -0.25) is 0 Å². The lowest BCUT2D eigenvalue weighted by molar-refractivity contribution is -0.138. The van der Waals surface area contributed by atoms with Gasteiger partial charge in [-0.15, -0.1) is 0 Å². The zero-order chi connectivity index (χ0) is 13.9. The summed E-state index contributed by atoms with van der Waals surface area (Å²) in [6.45, 7) is 9.40. The number of nitrogens with one attached hydrogen (secondary N) is 1. The van der Waals surface area contributed by atoms with Crippen LogP contribution >= 0.6 is 0 Å². The van der Waals surface area contributed by atoms with E-state index < -0.39 is 0 Å². The van der Waals surface area contributed by atoms with Crippen LogP contribution in [0.4, 0.5) is 0 Å². The summed E-state index contributed by atoms with van der Waals surface area (Å²) in [4.78, 5) is 0. The van der Waals surface area contributed by atoms with Crippen LogP contribution in [0.2, 0.25) is 0 Å². The lowest BCUT2D eigenvalue weighted by Gasteiger charge is -2.17. The van der Waals surface area contributed by atoms with Crippen molar-refractivity contribution in [1.82, 2.24) is 5.32 Å². The van der Waals surface area contributed by atoms with Gasteiger partial charge in [0.2, 0.25) is 0 Å². The van der Waals surface area contributed by atoms with Crippen LogP contribution in [-0.2, 0) is 22.4 Å². The molecule has 0 radical (unpaired) electrons. The molecule has 1 N–H and O–H groups in total. The van der Waals surface area contributed by atoms with Gasteiger partial charge in [0.1, 0.15) is 0 Å². The van der Waals surface area contributed by atoms with Crippen molar-refractivity contribution in [3.05, 3.63) is 35.4 Å². The molecule has 1 aromatic carbocycles. The standard InChI is InChI=1S/C16H27NO2/c1-4-14-9-7-8-10-15(14)13-17-12-11-16(18-5-2)19-6-3/h7-10,16-17H,4-6,11-13H2,1-3H3. The van der Waals surface area contributed by atoms with Gasteiger partial charge < -0.3 is 14.8 Å². The smallest absolute Gasteiger partial charge is 0.158 e. The molecular formula is C16H27NO2. The topological polar surface area (TPSA) is 30.5 Å². The minimum absolute atomic E-state index is 0.0797. The lowest BCUT2D eigenvalue weighted by atomic mass is 10.1. The third kappa shape index (κ3) is 6.19. The molecule has 19 heavy (non-hydrogen) atoms. The maximum Gasteiger partial charge on any atom is 0.158 e. The summed E-state index contributed by atoms with van der Waals surface area (Å²) in [5, 5.41) is 3.46. The first kappa shape index (κ1) is 16.2. The van der Waals surface area contributed by atoms with Crippen molar-refractivity contribution in [2.75, 3.05) is 19.8 Å². The minimum atomic E-state index is -0.0797. The Morgan fingerprint density at radius 2 is 1.63 bits per heavy atom. The van der Waals surface area contributed by atoms with Gasteiger partial charge in [-0.25, -0.2) is 0 Å². The van der Waals surface area contributed by atoms with Crippen LogP contribution in [0.5, 0.6) is 0 Å². The highest BCUT2D eigenvalue weighted by molar-refractivity contribution is 5.26. The van der Waals surface area contributed by atoms with E-state index in [-0.39, 0.29) is 6.29 Å². The first-order chi connectivity index (χ1) is 9.31.